The van der Waals surface area contributed by atoms with Gasteiger partial charge in [0.2, 0.25) is 0 Å². The normalized spacial score (nSPS) is 23.1. The van der Waals surface area contributed by atoms with Crippen molar-refractivity contribution in [2.45, 2.75) is 63.6 Å². The van der Waals surface area contributed by atoms with Crippen LogP contribution in [0.25, 0.3) is 0 Å². The van der Waals surface area contributed by atoms with E-state index in [1.165, 1.54) is 43.2 Å². The molecule has 1 unspecified atom stereocenters. The fourth-order valence-corrected chi connectivity index (χ4v) is 6.91. The molecule has 172 valence electrons. The zero-order chi connectivity index (χ0) is 22.1. The number of benzene rings is 2. The van der Waals surface area contributed by atoms with E-state index in [-0.39, 0.29) is 12.1 Å². The van der Waals surface area contributed by atoms with Gasteiger partial charge in [0.15, 0.2) is 6.29 Å². The van der Waals surface area contributed by atoms with Gasteiger partial charge in [-0.1, -0.05) is 43.2 Å². The first-order chi connectivity index (χ1) is 15.6. The van der Waals surface area contributed by atoms with Crippen molar-refractivity contribution in [3.05, 3.63) is 65.0 Å². The highest BCUT2D eigenvalue weighted by atomic mass is 19.1. The summed E-state index contributed by atoms with van der Waals surface area (Å²) < 4.78 is 26.4. The Balaban J connectivity index is 1.41. The number of anilines is 1. The molecule has 0 amide bonds. The molecule has 2 fully saturated rings. The molecule has 0 aromatic heterocycles. The molecule has 2 aromatic rings. The van der Waals surface area contributed by atoms with E-state index in [0.717, 1.165) is 43.6 Å². The topological polar surface area (TPSA) is 21.7 Å². The Morgan fingerprint density at radius 3 is 2.38 bits per heavy atom. The van der Waals surface area contributed by atoms with Crippen LogP contribution in [0.5, 0.6) is 0 Å². The minimum Gasteiger partial charge on any atom is -0.369 e. The lowest BCUT2D eigenvalue weighted by atomic mass is 9.61. The van der Waals surface area contributed by atoms with Crippen molar-refractivity contribution in [1.82, 2.24) is 0 Å². The van der Waals surface area contributed by atoms with Crippen LogP contribution in [0.3, 0.4) is 0 Å². The van der Waals surface area contributed by atoms with E-state index >= 15 is 4.39 Å². The van der Waals surface area contributed by atoms with Gasteiger partial charge in [0.1, 0.15) is 5.82 Å². The molecule has 1 saturated heterocycles. The first-order valence-electron chi connectivity index (χ1n) is 12.3. The van der Waals surface area contributed by atoms with E-state index < -0.39 is 0 Å². The Bertz CT molecular complexity index is 927. The second-order valence-electron chi connectivity index (χ2n) is 10.1. The minimum absolute atomic E-state index is 0.0767. The first-order valence-corrected chi connectivity index (χ1v) is 12.3. The third kappa shape index (κ3) is 3.86. The van der Waals surface area contributed by atoms with Gasteiger partial charge in [-0.15, -0.1) is 0 Å². The molecule has 0 bridgehead atoms. The van der Waals surface area contributed by atoms with Gasteiger partial charge in [-0.25, -0.2) is 4.39 Å². The van der Waals surface area contributed by atoms with E-state index in [1.807, 2.05) is 12.1 Å². The lowest BCUT2D eigenvalue weighted by molar-refractivity contribution is -0.141. The number of hydrogen-bond donors (Lipinski definition) is 0. The van der Waals surface area contributed by atoms with Gasteiger partial charge in [-0.2, -0.15) is 0 Å². The van der Waals surface area contributed by atoms with Crippen molar-refractivity contribution in [2.75, 3.05) is 32.2 Å². The van der Waals surface area contributed by atoms with Crippen molar-refractivity contribution in [3.8, 4) is 0 Å². The summed E-state index contributed by atoms with van der Waals surface area (Å²) in [6.07, 6.45) is 9.26. The van der Waals surface area contributed by atoms with Gasteiger partial charge >= 0.3 is 0 Å². The highest BCUT2D eigenvalue weighted by Crippen LogP contribution is 2.57. The molecule has 1 heterocycles. The third-order valence-electron chi connectivity index (χ3n) is 8.50. The van der Waals surface area contributed by atoms with Crippen LogP contribution in [-0.2, 0) is 15.9 Å². The maximum Gasteiger partial charge on any atom is 0.159 e. The number of nitrogens with zero attached hydrogens (tertiary/aromatic N) is 1. The van der Waals surface area contributed by atoms with Crippen LogP contribution in [0, 0.1) is 17.2 Å². The quantitative estimate of drug-likeness (QED) is 0.513. The number of rotatable bonds is 5. The van der Waals surface area contributed by atoms with Gasteiger partial charge in [0.05, 0.1) is 5.69 Å². The maximum atomic E-state index is 15.5. The molecule has 4 heteroatoms. The Labute approximate surface area is 191 Å². The molecular weight excluding hydrogens is 401 g/mol. The summed E-state index contributed by atoms with van der Waals surface area (Å²) in [5.74, 6) is 0.602. The SMILES string of the molecule is COC(OC)C1CCN(c2ccc(C3c4ccccc4CCC34CCCC4)cc2F)CC1. The molecule has 1 atom stereocenters. The summed E-state index contributed by atoms with van der Waals surface area (Å²) in [4.78, 5) is 2.19. The fourth-order valence-electron chi connectivity index (χ4n) is 6.91. The lowest BCUT2D eigenvalue weighted by Crippen LogP contribution is -2.39. The molecule has 0 N–H and O–H groups in total. The zero-order valence-corrected chi connectivity index (χ0v) is 19.5. The third-order valence-corrected chi connectivity index (χ3v) is 8.50. The van der Waals surface area contributed by atoms with Crippen LogP contribution < -0.4 is 4.90 Å². The number of ether oxygens (including phenoxy) is 2. The molecule has 1 spiro atoms. The smallest absolute Gasteiger partial charge is 0.159 e. The van der Waals surface area contributed by atoms with Crippen LogP contribution in [0.15, 0.2) is 42.5 Å². The summed E-state index contributed by atoms with van der Waals surface area (Å²) in [5, 5.41) is 0. The average molecular weight is 438 g/mol. The minimum atomic E-state index is -0.168. The molecular formula is C28H36FNO2. The van der Waals surface area contributed by atoms with E-state index in [0.29, 0.717) is 17.3 Å². The number of methoxy groups -OCH3 is 2. The highest BCUT2D eigenvalue weighted by molar-refractivity contribution is 5.52. The number of halogens is 1. The second kappa shape index (κ2) is 9.15. The van der Waals surface area contributed by atoms with Gasteiger partial charge in [-0.05, 0) is 72.8 Å². The van der Waals surface area contributed by atoms with Gasteiger partial charge in [0.25, 0.3) is 0 Å². The fraction of sp³-hybridized carbons (Fsp3) is 0.571. The number of piperidine rings is 1. The lowest BCUT2D eigenvalue weighted by Gasteiger charge is -2.43. The van der Waals surface area contributed by atoms with Crippen molar-refractivity contribution in [1.29, 1.82) is 0 Å². The van der Waals surface area contributed by atoms with Crippen molar-refractivity contribution in [3.63, 3.8) is 0 Å². The summed E-state index contributed by atoms with van der Waals surface area (Å²) in [7, 11) is 3.39. The molecule has 0 radical (unpaired) electrons. The summed E-state index contributed by atoms with van der Waals surface area (Å²) in [6.45, 7) is 1.67. The Hall–Kier alpha value is -1.91. The van der Waals surface area contributed by atoms with Crippen LogP contribution in [0.2, 0.25) is 0 Å². The first kappa shape index (κ1) is 21.9. The zero-order valence-electron chi connectivity index (χ0n) is 19.5. The summed E-state index contributed by atoms with van der Waals surface area (Å²) >= 11 is 0. The van der Waals surface area contributed by atoms with Gasteiger partial charge in [0, 0.05) is 39.1 Å². The molecule has 2 aromatic carbocycles. The van der Waals surface area contributed by atoms with E-state index in [2.05, 4.69) is 35.2 Å². The van der Waals surface area contributed by atoms with E-state index in [9.17, 15) is 0 Å². The number of hydrogen-bond acceptors (Lipinski definition) is 3. The molecule has 1 saturated carbocycles. The monoisotopic (exact) mass is 437 g/mol. The number of aryl methyl sites for hydroxylation is 1. The maximum absolute atomic E-state index is 15.5. The number of fused-ring (bicyclic) bond motifs is 1. The van der Waals surface area contributed by atoms with Gasteiger partial charge in [-0.3, -0.25) is 0 Å². The predicted molar refractivity (Wildman–Crippen MR) is 127 cm³/mol. The molecule has 3 nitrogen and oxygen atoms in total. The predicted octanol–water partition coefficient (Wildman–Crippen LogP) is 6.30. The van der Waals surface area contributed by atoms with Crippen LogP contribution >= 0.6 is 0 Å². The van der Waals surface area contributed by atoms with Crippen molar-refractivity contribution >= 4 is 5.69 Å². The van der Waals surface area contributed by atoms with E-state index in [4.69, 9.17) is 9.47 Å². The Kier molecular flexibility index (Phi) is 6.26. The summed E-state index contributed by atoms with van der Waals surface area (Å²) in [5.41, 5.74) is 5.08. The average Bonchev–Trinajstić information content (AvgIpc) is 3.29. The molecule has 1 aliphatic heterocycles. The Morgan fingerprint density at radius 1 is 0.969 bits per heavy atom. The van der Waals surface area contributed by atoms with Crippen molar-refractivity contribution < 1.29 is 13.9 Å². The molecule has 32 heavy (non-hydrogen) atoms. The standard InChI is InChI=1S/C28H36FNO2/c1-31-27(32-2)21-12-17-30(18-13-21)25-10-9-22(19-24(25)29)26-23-8-4-3-7-20(23)11-16-28(26)14-5-6-15-28/h3-4,7-10,19,21,26-27H,5-6,11-18H2,1-2H3. The van der Waals surface area contributed by atoms with Crippen LogP contribution in [0.4, 0.5) is 10.1 Å². The van der Waals surface area contributed by atoms with Crippen molar-refractivity contribution in [2.24, 2.45) is 11.3 Å². The second-order valence-corrected chi connectivity index (χ2v) is 10.1. The largest absolute Gasteiger partial charge is 0.369 e. The van der Waals surface area contributed by atoms with Gasteiger partial charge < -0.3 is 14.4 Å². The molecule has 5 rings (SSSR count). The molecule has 3 aliphatic rings. The van der Waals surface area contributed by atoms with Crippen LogP contribution in [-0.4, -0.2) is 33.6 Å². The van der Waals surface area contributed by atoms with Crippen LogP contribution in [0.1, 0.15) is 67.6 Å². The molecule has 2 aliphatic carbocycles. The summed E-state index contributed by atoms with van der Waals surface area (Å²) in [6, 6.07) is 15.0. The van der Waals surface area contributed by atoms with E-state index in [1.54, 1.807) is 14.2 Å². The Morgan fingerprint density at radius 2 is 1.69 bits per heavy atom. The highest BCUT2D eigenvalue weighted by Gasteiger charge is 2.45.